The molecule has 2 heterocycles. The quantitative estimate of drug-likeness (QED) is 0.697. The number of fused-ring (bicyclic) bond motifs is 2. The fourth-order valence-corrected chi connectivity index (χ4v) is 4.46. The van der Waals surface area contributed by atoms with Crippen LogP contribution in [-0.2, 0) is 4.79 Å². The van der Waals surface area contributed by atoms with Crippen molar-refractivity contribution >= 4 is 33.6 Å². The first-order valence-electron chi connectivity index (χ1n) is 5.68. The first-order valence-corrected chi connectivity index (χ1v) is 7.75. The highest BCUT2D eigenvalue weighted by atomic mass is 79.9. The molecule has 4 heteroatoms. The second kappa shape index (κ2) is 3.91. The number of hydrogen-bond donors (Lipinski definition) is 1. The Hall–Kier alpha value is -0.220. The van der Waals surface area contributed by atoms with E-state index in [0.717, 1.165) is 36.5 Å². The van der Waals surface area contributed by atoms with Gasteiger partial charge in [-0.05, 0) is 42.4 Å². The van der Waals surface area contributed by atoms with Crippen LogP contribution in [0.1, 0.15) is 19.3 Å². The Labute approximate surface area is 108 Å². The summed E-state index contributed by atoms with van der Waals surface area (Å²) in [6.45, 7) is 0. The fraction of sp³-hybridized carbons (Fsp3) is 0.583. The molecule has 2 saturated heterocycles. The SMILES string of the molecule is O=C1NC2=CC(Br)CC=C2C12CCSCC2. The van der Waals surface area contributed by atoms with E-state index < -0.39 is 0 Å². The number of thioether (sulfide) groups is 1. The van der Waals surface area contributed by atoms with E-state index >= 15 is 0 Å². The number of halogens is 1. The van der Waals surface area contributed by atoms with Crippen molar-refractivity contribution in [1.29, 1.82) is 0 Å². The molecule has 0 aromatic carbocycles. The fourth-order valence-electron chi connectivity index (χ4n) is 2.82. The van der Waals surface area contributed by atoms with Crippen LogP contribution in [0, 0.1) is 5.41 Å². The average Bonchev–Trinajstić information content (AvgIpc) is 2.53. The third-order valence-corrected chi connectivity index (χ3v) is 5.35. The normalized spacial score (nSPS) is 31.8. The molecule has 1 unspecified atom stereocenters. The van der Waals surface area contributed by atoms with Crippen molar-refractivity contribution in [3.05, 3.63) is 23.4 Å². The number of amides is 1. The van der Waals surface area contributed by atoms with Gasteiger partial charge in [-0.3, -0.25) is 4.79 Å². The molecule has 1 spiro atoms. The molecule has 0 aromatic rings. The van der Waals surface area contributed by atoms with E-state index in [1.54, 1.807) is 0 Å². The van der Waals surface area contributed by atoms with Gasteiger partial charge in [0.2, 0.25) is 5.91 Å². The van der Waals surface area contributed by atoms with E-state index in [4.69, 9.17) is 0 Å². The van der Waals surface area contributed by atoms with Crippen molar-refractivity contribution in [2.75, 3.05) is 11.5 Å². The minimum absolute atomic E-state index is 0.190. The van der Waals surface area contributed by atoms with Gasteiger partial charge in [-0.1, -0.05) is 22.0 Å². The Kier molecular flexibility index (Phi) is 2.67. The van der Waals surface area contributed by atoms with E-state index in [-0.39, 0.29) is 11.3 Å². The zero-order chi connectivity index (χ0) is 11.2. The molecule has 1 N–H and O–H groups in total. The van der Waals surface area contributed by atoms with Crippen LogP contribution >= 0.6 is 27.7 Å². The predicted molar refractivity (Wildman–Crippen MR) is 70.6 cm³/mol. The summed E-state index contributed by atoms with van der Waals surface area (Å²) in [5.41, 5.74) is 2.14. The third kappa shape index (κ3) is 1.50. The number of alkyl halides is 1. The first kappa shape index (κ1) is 10.9. The van der Waals surface area contributed by atoms with Crippen molar-refractivity contribution in [2.24, 2.45) is 5.41 Å². The maximum Gasteiger partial charge on any atom is 0.235 e. The summed E-state index contributed by atoms with van der Waals surface area (Å²) < 4.78 is 0. The van der Waals surface area contributed by atoms with E-state index in [2.05, 4.69) is 33.4 Å². The average molecular weight is 300 g/mol. The molecule has 2 nitrogen and oxygen atoms in total. The number of allylic oxidation sites excluding steroid dienone is 3. The van der Waals surface area contributed by atoms with Crippen LogP contribution in [0.5, 0.6) is 0 Å². The van der Waals surface area contributed by atoms with Gasteiger partial charge in [-0.15, -0.1) is 0 Å². The van der Waals surface area contributed by atoms with Gasteiger partial charge < -0.3 is 5.32 Å². The van der Waals surface area contributed by atoms with Crippen LogP contribution < -0.4 is 5.32 Å². The lowest BCUT2D eigenvalue weighted by molar-refractivity contribution is -0.126. The van der Waals surface area contributed by atoms with E-state index in [9.17, 15) is 4.79 Å². The first-order chi connectivity index (χ1) is 7.72. The van der Waals surface area contributed by atoms with Crippen LogP contribution in [0.2, 0.25) is 0 Å². The van der Waals surface area contributed by atoms with Gasteiger partial charge in [0.1, 0.15) is 0 Å². The van der Waals surface area contributed by atoms with Crippen molar-refractivity contribution in [2.45, 2.75) is 24.1 Å². The number of hydrogen-bond acceptors (Lipinski definition) is 2. The van der Waals surface area contributed by atoms with Crippen LogP contribution in [0.3, 0.4) is 0 Å². The zero-order valence-corrected chi connectivity index (χ0v) is 11.4. The number of carbonyl (C=O) groups excluding carboxylic acids is 1. The Morgan fingerprint density at radius 3 is 2.94 bits per heavy atom. The van der Waals surface area contributed by atoms with Gasteiger partial charge in [0.05, 0.1) is 5.41 Å². The van der Waals surface area contributed by atoms with Gasteiger partial charge in [-0.25, -0.2) is 0 Å². The molecule has 0 aromatic heterocycles. The Morgan fingerprint density at radius 1 is 1.44 bits per heavy atom. The highest BCUT2D eigenvalue weighted by Crippen LogP contribution is 2.49. The summed E-state index contributed by atoms with van der Waals surface area (Å²) in [5, 5.41) is 3.06. The lowest BCUT2D eigenvalue weighted by Gasteiger charge is -2.32. The summed E-state index contributed by atoms with van der Waals surface area (Å²) in [6, 6.07) is 0. The second-order valence-corrected chi connectivity index (χ2v) is 7.00. The molecule has 16 heavy (non-hydrogen) atoms. The molecule has 86 valence electrons. The molecule has 1 atom stereocenters. The van der Waals surface area contributed by atoms with Gasteiger partial charge in [0.25, 0.3) is 0 Å². The summed E-state index contributed by atoms with van der Waals surface area (Å²) in [6.07, 6.45) is 7.40. The monoisotopic (exact) mass is 299 g/mol. The zero-order valence-electron chi connectivity index (χ0n) is 8.96. The highest BCUT2D eigenvalue weighted by molar-refractivity contribution is 9.09. The van der Waals surface area contributed by atoms with Crippen molar-refractivity contribution < 1.29 is 4.79 Å². The van der Waals surface area contributed by atoms with Crippen LogP contribution in [0.4, 0.5) is 0 Å². The molecule has 0 radical (unpaired) electrons. The van der Waals surface area contributed by atoms with Gasteiger partial charge in [0.15, 0.2) is 0 Å². The smallest absolute Gasteiger partial charge is 0.235 e. The second-order valence-electron chi connectivity index (χ2n) is 4.60. The number of carbonyl (C=O) groups is 1. The molecule has 2 fully saturated rings. The Balaban J connectivity index is 2.01. The molecule has 1 amide bonds. The lowest BCUT2D eigenvalue weighted by Crippen LogP contribution is -2.35. The van der Waals surface area contributed by atoms with Gasteiger partial charge in [-0.2, -0.15) is 11.8 Å². The van der Waals surface area contributed by atoms with Crippen LogP contribution in [0.25, 0.3) is 0 Å². The van der Waals surface area contributed by atoms with E-state index in [1.807, 2.05) is 11.8 Å². The molecular formula is C12H14BrNOS. The Bertz CT molecular complexity index is 396. The maximum atomic E-state index is 12.2. The van der Waals surface area contributed by atoms with Crippen molar-refractivity contribution in [3.63, 3.8) is 0 Å². The van der Waals surface area contributed by atoms with Crippen molar-refractivity contribution in [3.8, 4) is 0 Å². The number of nitrogens with one attached hydrogen (secondary N) is 1. The minimum atomic E-state index is -0.190. The molecule has 2 aliphatic heterocycles. The topological polar surface area (TPSA) is 29.1 Å². The maximum absolute atomic E-state index is 12.2. The lowest BCUT2D eigenvalue weighted by atomic mass is 9.74. The number of rotatable bonds is 0. The summed E-state index contributed by atoms with van der Waals surface area (Å²) in [5.74, 6) is 2.44. The van der Waals surface area contributed by atoms with E-state index in [0.29, 0.717) is 4.83 Å². The summed E-state index contributed by atoms with van der Waals surface area (Å²) in [7, 11) is 0. The predicted octanol–water partition coefficient (Wildman–Crippen LogP) is 2.61. The summed E-state index contributed by atoms with van der Waals surface area (Å²) >= 11 is 5.54. The molecule has 0 bridgehead atoms. The molecule has 3 aliphatic rings. The van der Waals surface area contributed by atoms with Gasteiger partial charge in [0, 0.05) is 10.5 Å². The minimum Gasteiger partial charge on any atom is -0.325 e. The highest BCUT2D eigenvalue weighted by Gasteiger charge is 2.49. The molecule has 0 saturated carbocycles. The third-order valence-electron chi connectivity index (χ3n) is 3.73. The molecule has 1 aliphatic carbocycles. The molecular weight excluding hydrogens is 286 g/mol. The van der Waals surface area contributed by atoms with Crippen LogP contribution in [-0.4, -0.2) is 22.2 Å². The van der Waals surface area contributed by atoms with E-state index in [1.165, 1.54) is 5.57 Å². The summed E-state index contributed by atoms with van der Waals surface area (Å²) in [4.78, 5) is 12.6. The molecule has 3 rings (SSSR count). The Morgan fingerprint density at radius 2 is 2.19 bits per heavy atom. The standard InChI is InChI=1S/C12H14BrNOS/c13-8-1-2-9-10(7-8)14-11(15)12(9)3-5-16-6-4-12/h2,7-8H,1,3-6H2,(H,14,15). The van der Waals surface area contributed by atoms with Crippen molar-refractivity contribution in [1.82, 2.24) is 5.32 Å². The van der Waals surface area contributed by atoms with Crippen LogP contribution in [0.15, 0.2) is 23.4 Å². The van der Waals surface area contributed by atoms with Gasteiger partial charge >= 0.3 is 0 Å². The largest absolute Gasteiger partial charge is 0.325 e.